The van der Waals surface area contributed by atoms with E-state index in [-0.39, 0.29) is 17.0 Å². The van der Waals surface area contributed by atoms with Crippen LogP contribution in [0.3, 0.4) is 0 Å². The second-order valence-corrected chi connectivity index (χ2v) is 6.16. The molecule has 2 unspecified atom stereocenters. The number of H-pyrrole nitrogens is 1. The molecule has 7 heteroatoms. The van der Waals surface area contributed by atoms with Crippen molar-refractivity contribution >= 4 is 10.0 Å². The van der Waals surface area contributed by atoms with Gasteiger partial charge in [-0.25, -0.2) is 8.42 Å². The Morgan fingerprint density at radius 1 is 1.38 bits per heavy atom. The van der Waals surface area contributed by atoms with E-state index in [4.69, 9.17) is 0 Å². The molecule has 1 aromatic heterocycles. The van der Waals surface area contributed by atoms with Crippen molar-refractivity contribution in [3.8, 4) is 0 Å². The smallest absolute Gasteiger partial charge is 0.246 e. The van der Waals surface area contributed by atoms with Gasteiger partial charge in [-0.1, -0.05) is 0 Å². The van der Waals surface area contributed by atoms with Gasteiger partial charge in [-0.2, -0.15) is 9.40 Å². The summed E-state index contributed by atoms with van der Waals surface area (Å²) >= 11 is 0. The number of aromatic nitrogens is 2. The molecule has 1 fully saturated rings. The minimum atomic E-state index is -3.38. The Balaban J connectivity index is 2.24. The maximum Gasteiger partial charge on any atom is 0.246 e. The highest BCUT2D eigenvalue weighted by Gasteiger charge is 2.31. The lowest BCUT2D eigenvalue weighted by Crippen LogP contribution is -2.55. The van der Waals surface area contributed by atoms with Crippen LogP contribution in [0.2, 0.25) is 0 Å². The molecule has 2 rings (SSSR count). The topological polar surface area (TPSA) is 78.1 Å². The number of piperazine rings is 1. The van der Waals surface area contributed by atoms with Crippen molar-refractivity contribution in [3.05, 3.63) is 12.4 Å². The van der Waals surface area contributed by atoms with Crippen LogP contribution in [0.1, 0.15) is 13.8 Å². The third kappa shape index (κ3) is 2.11. The molecule has 1 saturated heterocycles. The van der Waals surface area contributed by atoms with Gasteiger partial charge >= 0.3 is 0 Å². The predicted molar refractivity (Wildman–Crippen MR) is 59.4 cm³/mol. The third-order valence-electron chi connectivity index (χ3n) is 2.63. The molecule has 90 valence electrons. The summed E-state index contributed by atoms with van der Waals surface area (Å²) in [7, 11) is -3.38. The summed E-state index contributed by atoms with van der Waals surface area (Å²) < 4.78 is 25.9. The lowest BCUT2D eigenvalue weighted by atomic mass is 10.2. The number of sulfonamides is 1. The first-order chi connectivity index (χ1) is 7.50. The number of hydrogen-bond acceptors (Lipinski definition) is 4. The molecule has 1 aliphatic heterocycles. The van der Waals surface area contributed by atoms with Crippen LogP contribution in [0.5, 0.6) is 0 Å². The molecule has 0 amide bonds. The molecular weight excluding hydrogens is 228 g/mol. The molecule has 0 aromatic carbocycles. The van der Waals surface area contributed by atoms with Crippen LogP contribution in [0.15, 0.2) is 17.3 Å². The molecule has 0 radical (unpaired) electrons. The largest absolute Gasteiger partial charge is 0.309 e. The van der Waals surface area contributed by atoms with Crippen LogP contribution in [0.4, 0.5) is 0 Å². The zero-order valence-corrected chi connectivity index (χ0v) is 10.2. The molecular formula is C9H16N4O2S. The maximum atomic E-state index is 12.2. The highest BCUT2D eigenvalue weighted by Crippen LogP contribution is 2.17. The molecule has 2 heterocycles. The second kappa shape index (κ2) is 4.15. The van der Waals surface area contributed by atoms with E-state index >= 15 is 0 Å². The van der Waals surface area contributed by atoms with Crippen molar-refractivity contribution in [2.75, 3.05) is 13.1 Å². The molecule has 0 aliphatic carbocycles. The first-order valence-corrected chi connectivity index (χ1v) is 6.69. The van der Waals surface area contributed by atoms with Crippen molar-refractivity contribution < 1.29 is 8.42 Å². The Hall–Kier alpha value is -0.920. The standard InChI is InChI=1S/C9H16N4O2S/c1-7-5-13(6-8(2)12-7)16(14,15)9-3-10-11-4-9/h3-4,7-8,12H,5-6H2,1-2H3,(H,10,11). The van der Waals surface area contributed by atoms with Crippen LogP contribution in [0.25, 0.3) is 0 Å². The van der Waals surface area contributed by atoms with Gasteiger partial charge < -0.3 is 5.32 Å². The fourth-order valence-corrected chi connectivity index (χ4v) is 3.53. The van der Waals surface area contributed by atoms with Gasteiger partial charge in [0.15, 0.2) is 0 Å². The number of nitrogens with one attached hydrogen (secondary N) is 2. The SMILES string of the molecule is CC1CN(S(=O)(=O)c2cn[nH]c2)CC(C)N1. The number of rotatable bonds is 2. The van der Waals surface area contributed by atoms with Gasteiger partial charge in [-0.3, -0.25) is 5.10 Å². The van der Waals surface area contributed by atoms with Crippen LogP contribution in [-0.4, -0.2) is 48.1 Å². The van der Waals surface area contributed by atoms with E-state index in [1.165, 1.54) is 16.7 Å². The molecule has 0 bridgehead atoms. The highest BCUT2D eigenvalue weighted by atomic mass is 32.2. The minimum Gasteiger partial charge on any atom is -0.309 e. The predicted octanol–water partition coefficient (Wildman–Crippen LogP) is -0.219. The molecule has 1 aromatic rings. The number of hydrogen-bond donors (Lipinski definition) is 2. The van der Waals surface area contributed by atoms with Crippen molar-refractivity contribution in [2.24, 2.45) is 0 Å². The van der Waals surface area contributed by atoms with Gasteiger partial charge in [-0.05, 0) is 13.8 Å². The summed E-state index contributed by atoms with van der Waals surface area (Å²) in [5.74, 6) is 0. The summed E-state index contributed by atoms with van der Waals surface area (Å²) in [4.78, 5) is 0.230. The summed E-state index contributed by atoms with van der Waals surface area (Å²) in [6.45, 7) is 4.96. The number of aromatic amines is 1. The summed E-state index contributed by atoms with van der Waals surface area (Å²) in [5, 5.41) is 9.50. The Morgan fingerprint density at radius 2 is 2.00 bits per heavy atom. The van der Waals surface area contributed by atoms with Crippen LogP contribution < -0.4 is 5.32 Å². The Labute approximate surface area is 95.1 Å². The lowest BCUT2D eigenvalue weighted by molar-refractivity contribution is 0.263. The van der Waals surface area contributed by atoms with Crippen molar-refractivity contribution in [3.63, 3.8) is 0 Å². The second-order valence-electron chi connectivity index (χ2n) is 4.22. The molecule has 0 saturated carbocycles. The maximum absolute atomic E-state index is 12.2. The van der Waals surface area contributed by atoms with E-state index in [1.807, 2.05) is 13.8 Å². The van der Waals surface area contributed by atoms with Crippen LogP contribution in [0, 0.1) is 0 Å². The van der Waals surface area contributed by atoms with Gasteiger partial charge in [0.2, 0.25) is 10.0 Å². The van der Waals surface area contributed by atoms with Crippen molar-refractivity contribution in [2.45, 2.75) is 30.8 Å². The van der Waals surface area contributed by atoms with Crippen LogP contribution >= 0.6 is 0 Å². The molecule has 16 heavy (non-hydrogen) atoms. The van der Waals surface area contributed by atoms with E-state index < -0.39 is 10.0 Å². The quantitative estimate of drug-likeness (QED) is 0.754. The number of nitrogens with zero attached hydrogens (tertiary/aromatic N) is 2. The Morgan fingerprint density at radius 3 is 2.50 bits per heavy atom. The Kier molecular flexibility index (Phi) is 3.00. The minimum absolute atomic E-state index is 0.172. The molecule has 2 N–H and O–H groups in total. The zero-order valence-electron chi connectivity index (χ0n) is 9.34. The first-order valence-electron chi connectivity index (χ1n) is 5.25. The summed E-state index contributed by atoms with van der Waals surface area (Å²) in [6.07, 6.45) is 2.75. The van der Waals surface area contributed by atoms with E-state index in [2.05, 4.69) is 15.5 Å². The normalized spacial score (nSPS) is 28.1. The fourth-order valence-electron chi connectivity index (χ4n) is 2.00. The third-order valence-corrected chi connectivity index (χ3v) is 4.43. The average Bonchev–Trinajstić information content (AvgIpc) is 2.69. The summed E-state index contributed by atoms with van der Waals surface area (Å²) in [6, 6.07) is 0.343. The molecule has 6 nitrogen and oxygen atoms in total. The highest BCUT2D eigenvalue weighted by molar-refractivity contribution is 7.89. The average molecular weight is 244 g/mol. The summed E-state index contributed by atoms with van der Waals surface area (Å²) in [5.41, 5.74) is 0. The first kappa shape index (κ1) is 11.6. The molecule has 2 atom stereocenters. The van der Waals surface area contributed by atoms with Crippen molar-refractivity contribution in [1.82, 2.24) is 19.8 Å². The van der Waals surface area contributed by atoms with Gasteiger partial charge in [0.05, 0.1) is 6.20 Å². The Bertz CT molecular complexity index is 432. The van der Waals surface area contributed by atoms with Gasteiger partial charge in [0.25, 0.3) is 0 Å². The van der Waals surface area contributed by atoms with E-state index in [9.17, 15) is 8.42 Å². The monoisotopic (exact) mass is 244 g/mol. The molecule has 1 aliphatic rings. The van der Waals surface area contributed by atoms with Crippen LogP contribution in [-0.2, 0) is 10.0 Å². The van der Waals surface area contributed by atoms with Crippen molar-refractivity contribution in [1.29, 1.82) is 0 Å². The van der Waals surface area contributed by atoms with E-state index in [1.54, 1.807) is 0 Å². The fraction of sp³-hybridized carbons (Fsp3) is 0.667. The molecule has 0 spiro atoms. The van der Waals surface area contributed by atoms with Gasteiger partial charge in [0.1, 0.15) is 4.90 Å². The van der Waals surface area contributed by atoms with Gasteiger partial charge in [0, 0.05) is 31.4 Å². The van der Waals surface area contributed by atoms with E-state index in [0.717, 1.165) is 0 Å². The van der Waals surface area contributed by atoms with Gasteiger partial charge in [-0.15, -0.1) is 0 Å². The lowest BCUT2D eigenvalue weighted by Gasteiger charge is -2.34. The zero-order chi connectivity index (χ0) is 11.8. The van der Waals surface area contributed by atoms with E-state index in [0.29, 0.717) is 13.1 Å².